The van der Waals surface area contributed by atoms with Gasteiger partial charge in [0.2, 0.25) is 0 Å². The van der Waals surface area contributed by atoms with E-state index in [1.165, 1.54) is 84.9 Å². The van der Waals surface area contributed by atoms with Crippen molar-refractivity contribution in [1.29, 1.82) is 0 Å². The number of hydrogen-bond acceptors (Lipinski definition) is 12. The highest BCUT2D eigenvalue weighted by Gasteiger charge is 2.27. The van der Waals surface area contributed by atoms with Gasteiger partial charge in [0, 0.05) is 69.7 Å². The van der Waals surface area contributed by atoms with Crippen LogP contribution in [0.2, 0.25) is 10.0 Å². The van der Waals surface area contributed by atoms with Crippen molar-refractivity contribution in [3.05, 3.63) is 229 Å². The molecule has 58 heavy (non-hydrogen) atoms. The van der Waals surface area contributed by atoms with Crippen molar-refractivity contribution in [3.63, 3.8) is 0 Å². The van der Waals surface area contributed by atoms with Crippen LogP contribution in [0.4, 0.5) is 22.7 Å². The molecule has 16 nitrogen and oxygen atoms in total. The third kappa shape index (κ3) is 10.4. The maximum Gasteiger partial charge on any atom is 0.339 e. The van der Waals surface area contributed by atoms with Crippen LogP contribution < -0.4 is 0 Å². The molecule has 2 atom stereocenters. The predicted molar refractivity (Wildman–Crippen MR) is 210 cm³/mol. The fraction of sp³-hybridized carbons (Fsp3) is 0.0500. The maximum atomic E-state index is 12.6. The molecule has 0 amide bonds. The number of hydrogen-bond donors (Lipinski definition) is 0. The molecular weight excluding hydrogens is 799 g/mol. The average molecular weight is 826 g/mol. The maximum absolute atomic E-state index is 12.6. The SMILES string of the molecule is O=C(O[C@@H](c1ccccc1)c1cc([N+](=O)[O-])ccc1Cl)c1ccc([N+](=O)[O-])cc1.O=C(O[C@@H](c1ccccc1)c1cc([N+](=O)[O-])ccc1Cl)c1ccc([N+](=O)[O-])cc1. The Labute approximate surface area is 337 Å². The minimum atomic E-state index is -1.01. The molecule has 292 valence electrons. The highest BCUT2D eigenvalue weighted by atomic mass is 35.5. The largest absolute Gasteiger partial charge is 0.449 e. The van der Waals surface area contributed by atoms with Crippen molar-refractivity contribution in [3.8, 4) is 0 Å². The molecule has 6 rings (SSSR count). The van der Waals surface area contributed by atoms with E-state index in [-0.39, 0.29) is 55.0 Å². The number of halogens is 2. The number of carbonyl (C=O) groups excluding carboxylic acids is 2. The molecule has 0 unspecified atom stereocenters. The van der Waals surface area contributed by atoms with Gasteiger partial charge < -0.3 is 9.47 Å². The van der Waals surface area contributed by atoms with Crippen LogP contribution in [0.25, 0.3) is 0 Å². The molecule has 0 heterocycles. The molecular formula is C40H26Cl2N4O12. The number of non-ortho nitro benzene ring substituents is 4. The molecule has 0 aliphatic rings. The van der Waals surface area contributed by atoms with Gasteiger partial charge in [-0.2, -0.15) is 0 Å². The van der Waals surface area contributed by atoms with Gasteiger partial charge in [0.05, 0.1) is 30.8 Å². The van der Waals surface area contributed by atoms with Crippen molar-refractivity contribution >= 4 is 57.9 Å². The van der Waals surface area contributed by atoms with Crippen LogP contribution in [0.3, 0.4) is 0 Å². The third-order valence-electron chi connectivity index (χ3n) is 8.23. The molecule has 0 bridgehead atoms. The minimum Gasteiger partial charge on any atom is -0.449 e. The van der Waals surface area contributed by atoms with Crippen LogP contribution in [0.1, 0.15) is 55.2 Å². The number of benzene rings is 6. The topological polar surface area (TPSA) is 225 Å². The molecule has 0 spiro atoms. The number of nitrogens with zero attached hydrogens (tertiary/aromatic N) is 4. The first-order chi connectivity index (χ1) is 27.7. The molecule has 18 heteroatoms. The van der Waals surface area contributed by atoms with Crippen molar-refractivity contribution in [2.75, 3.05) is 0 Å². The van der Waals surface area contributed by atoms with Gasteiger partial charge in [-0.05, 0) is 47.5 Å². The van der Waals surface area contributed by atoms with Gasteiger partial charge >= 0.3 is 11.9 Å². The summed E-state index contributed by atoms with van der Waals surface area (Å²) in [6, 6.07) is 34.9. The smallest absolute Gasteiger partial charge is 0.339 e. The number of ether oxygens (including phenoxy) is 2. The van der Waals surface area contributed by atoms with Gasteiger partial charge in [-0.15, -0.1) is 0 Å². The zero-order valence-corrected chi connectivity index (χ0v) is 31.0. The summed E-state index contributed by atoms with van der Waals surface area (Å²) in [7, 11) is 0. The second-order valence-corrected chi connectivity index (χ2v) is 12.7. The Morgan fingerprint density at radius 2 is 0.724 bits per heavy atom. The number of carbonyl (C=O) groups is 2. The Bertz CT molecular complexity index is 2310. The van der Waals surface area contributed by atoms with E-state index in [1.807, 2.05) is 0 Å². The lowest BCUT2D eigenvalue weighted by atomic mass is 10.0. The van der Waals surface area contributed by atoms with E-state index in [0.29, 0.717) is 11.1 Å². The zero-order valence-electron chi connectivity index (χ0n) is 29.5. The molecule has 0 aliphatic heterocycles. The van der Waals surface area contributed by atoms with Gasteiger partial charge in [0.25, 0.3) is 22.7 Å². The van der Waals surface area contributed by atoms with E-state index in [4.69, 9.17) is 32.7 Å². The molecule has 0 aliphatic carbocycles. The van der Waals surface area contributed by atoms with Crippen LogP contribution >= 0.6 is 23.2 Å². The monoisotopic (exact) mass is 824 g/mol. The van der Waals surface area contributed by atoms with Crippen LogP contribution in [-0.2, 0) is 9.47 Å². The summed E-state index contributed by atoms with van der Waals surface area (Å²) in [6.07, 6.45) is -2.02. The van der Waals surface area contributed by atoms with Crippen LogP contribution in [0.15, 0.2) is 146 Å². The Balaban J connectivity index is 0.000000221. The number of esters is 2. The molecule has 0 saturated heterocycles. The highest BCUT2D eigenvalue weighted by Crippen LogP contribution is 2.36. The summed E-state index contributed by atoms with van der Waals surface area (Å²) < 4.78 is 11.2. The van der Waals surface area contributed by atoms with Crippen molar-refractivity contribution in [1.82, 2.24) is 0 Å². The number of nitro benzene ring substituents is 4. The summed E-state index contributed by atoms with van der Waals surface area (Å²) in [5, 5.41) is 44.2. The van der Waals surface area contributed by atoms with Crippen molar-refractivity contribution in [2.45, 2.75) is 12.2 Å². The number of rotatable bonds is 12. The molecule has 6 aromatic carbocycles. The van der Waals surface area contributed by atoms with E-state index < -0.39 is 43.8 Å². The van der Waals surface area contributed by atoms with Gasteiger partial charge in [-0.1, -0.05) is 83.9 Å². The Morgan fingerprint density at radius 3 is 1.02 bits per heavy atom. The molecule has 6 aromatic rings. The Hall–Kier alpha value is -7.56. The summed E-state index contributed by atoms with van der Waals surface area (Å²) in [6.45, 7) is 0. The Morgan fingerprint density at radius 1 is 0.431 bits per heavy atom. The second-order valence-electron chi connectivity index (χ2n) is 11.9. The summed E-state index contributed by atoms with van der Waals surface area (Å²) in [5.41, 5.74) is 1.09. The van der Waals surface area contributed by atoms with Crippen molar-refractivity contribution < 1.29 is 38.8 Å². The normalized spacial score (nSPS) is 11.5. The van der Waals surface area contributed by atoms with Gasteiger partial charge in [0.1, 0.15) is 0 Å². The van der Waals surface area contributed by atoms with Crippen molar-refractivity contribution in [2.24, 2.45) is 0 Å². The molecule has 0 radical (unpaired) electrons. The predicted octanol–water partition coefficient (Wildman–Crippen LogP) is 10.2. The Kier molecular flexibility index (Phi) is 13.5. The lowest BCUT2D eigenvalue weighted by molar-refractivity contribution is -0.385. The lowest BCUT2D eigenvalue weighted by Gasteiger charge is -2.20. The van der Waals surface area contributed by atoms with E-state index in [0.717, 1.165) is 0 Å². The summed E-state index contributed by atoms with van der Waals surface area (Å²) in [4.78, 5) is 66.8. The molecule has 0 N–H and O–H groups in total. The van der Waals surface area contributed by atoms with Crippen LogP contribution in [0.5, 0.6) is 0 Å². The van der Waals surface area contributed by atoms with E-state index in [1.54, 1.807) is 60.7 Å². The quantitative estimate of drug-likeness (QED) is 0.0638. The van der Waals surface area contributed by atoms with E-state index in [2.05, 4.69) is 0 Å². The first kappa shape index (κ1) is 41.6. The average Bonchev–Trinajstić information content (AvgIpc) is 3.23. The summed E-state index contributed by atoms with van der Waals surface area (Å²) in [5.74, 6) is -1.51. The fourth-order valence-electron chi connectivity index (χ4n) is 5.36. The number of nitro groups is 4. The second kappa shape index (κ2) is 18.9. The standard InChI is InChI=1S/2C20H13ClN2O6/c2*21-18-11-10-16(23(27)28)12-17(18)19(13-4-2-1-3-5-13)29-20(24)14-6-8-15(9-7-14)22(25)26/h2*1-12,19H/t2*19-/m00/s1. The van der Waals surface area contributed by atoms with E-state index in [9.17, 15) is 50.0 Å². The zero-order chi connectivity index (χ0) is 41.9. The van der Waals surface area contributed by atoms with Gasteiger partial charge in [0.15, 0.2) is 12.2 Å². The van der Waals surface area contributed by atoms with Gasteiger partial charge in [-0.25, -0.2) is 9.59 Å². The highest BCUT2D eigenvalue weighted by molar-refractivity contribution is 6.31. The first-order valence-corrected chi connectivity index (χ1v) is 17.4. The first-order valence-electron chi connectivity index (χ1n) is 16.6. The molecule has 0 fully saturated rings. The van der Waals surface area contributed by atoms with Crippen LogP contribution in [-0.4, -0.2) is 31.6 Å². The summed E-state index contributed by atoms with van der Waals surface area (Å²) >= 11 is 12.5. The molecule has 0 saturated carbocycles. The minimum absolute atomic E-state index is 0.0954. The third-order valence-corrected chi connectivity index (χ3v) is 8.92. The van der Waals surface area contributed by atoms with E-state index >= 15 is 0 Å². The fourth-order valence-corrected chi connectivity index (χ4v) is 5.79. The van der Waals surface area contributed by atoms with Gasteiger partial charge in [-0.3, -0.25) is 40.5 Å². The molecule has 0 aromatic heterocycles. The van der Waals surface area contributed by atoms with Crippen LogP contribution in [0, 0.1) is 40.5 Å². The lowest BCUT2D eigenvalue weighted by Crippen LogP contribution is -2.14.